The summed E-state index contributed by atoms with van der Waals surface area (Å²) in [6.45, 7) is 2.07. The Bertz CT molecular complexity index is 562. The largest absolute Gasteiger partial charge is 0.491 e. The van der Waals surface area contributed by atoms with Crippen LogP contribution < -0.4 is 9.64 Å². The molecule has 3 rings (SSSR count). The van der Waals surface area contributed by atoms with Gasteiger partial charge in [-0.05, 0) is 12.1 Å². The van der Waals surface area contributed by atoms with E-state index in [1.54, 1.807) is 6.07 Å². The number of carbonyl (C=O) groups is 1. The van der Waals surface area contributed by atoms with Crippen molar-refractivity contribution in [3.8, 4) is 5.75 Å². The molecule has 2 aromatic rings. The number of aldehydes is 1. The zero-order chi connectivity index (χ0) is 12.4. The molecule has 0 bridgehead atoms. The van der Waals surface area contributed by atoms with Gasteiger partial charge in [-0.2, -0.15) is 0 Å². The lowest BCUT2D eigenvalue weighted by Gasteiger charge is -2.18. The zero-order valence-electron chi connectivity index (χ0n) is 9.83. The Morgan fingerprint density at radius 2 is 2.06 bits per heavy atom. The van der Waals surface area contributed by atoms with Gasteiger partial charge in [0.05, 0.1) is 6.54 Å². The summed E-state index contributed by atoms with van der Waals surface area (Å²) in [4.78, 5) is 12.7. The third-order valence-corrected chi connectivity index (χ3v) is 2.99. The second-order valence-electron chi connectivity index (χ2n) is 4.17. The van der Waals surface area contributed by atoms with Crippen molar-refractivity contribution in [1.29, 1.82) is 0 Å². The predicted molar refractivity (Wildman–Crippen MR) is 67.1 cm³/mol. The fourth-order valence-electron chi connectivity index (χ4n) is 2.09. The first-order valence-corrected chi connectivity index (χ1v) is 5.87. The van der Waals surface area contributed by atoms with E-state index in [0.29, 0.717) is 24.5 Å². The Kier molecular flexibility index (Phi) is 2.76. The van der Waals surface area contributed by atoms with E-state index in [0.717, 1.165) is 24.4 Å². The normalized spacial score (nSPS) is 14.6. The first-order valence-electron chi connectivity index (χ1n) is 5.87. The van der Waals surface area contributed by atoms with Crippen LogP contribution in [0.3, 0.4) is 0 Å². The van der Waals surface area contributed by atoms with Crippen molar-refractivity contribution in [3.05, 3.63) is 47.7 Å². The summed E-state index contributed by atoms with van der Waals surface area (Å²) in [5.74, 6) is 1.98. The van der Waals surface area contributed by atoms with Gasteiger partial charge in [0.25, 0.3) is 0 Å². The highest BCUT2D eigenvalue weighted by Crippen LogP contribution is 2.26. The van der Waals surface area contributed by atoms with E-state index in [1.807, 2.05) is 30.3 Å². The molecule has 0 N–H and O–H groups in total. The maximum absolute atomic E-state index is 10.6. The third-order valence-electron chi connectivity index (χ3n) is 2.99. The number of anilines is 1. The van der Waals surface area contributed by atoms with Crippen LogP contribution in [0.5, 0.6) is 5.75 Å². The molecular formula is C14H13NO3. The first-order chi connectivity index (χ1) is 8.86. The zero-order valence-corrected chi connectivity index (χ0v) is 9.83. The van der Waals surface area contributed by atoms with E-state index in [4.69, 9.17) is 9.15 Å². The number of hydrogen-bond acceptors (Lipinski definition) is 4. The van der Waals surface area contributed by atoms with Crippen LogP contribution in [0.4, 0.5) is 5.88 Å². The molecule has 0 amide bonds. The van der Waals surface area contributed by atoms with Crippen molar-refractivity contribution in [2.24, 2.45) is 0 Å². The number of fused-ring (bicyclic) bond motifs is 1. The summed E-state index contributed by atoms with van der Waals surface area (Å²) in [5, 5.41) is 0. The molecule has 0 unspecified atom stereocenters. The Balaban J connectivity index is 1.88. The molecule has 0 atom stereocenters. The van der Waals surface area contributed by atoms with Crippen LogP contribution in [0.1, 0.15) is 16.1 Å². The fraction of sp³-hybridized carbons (Fsp3) is 0.214. The highest BCUT2D eigenvalue weighted by Gasteiger charge is 2.17. The molecule has 4 heteroatoms. The van der Waals surface area contributed by atoms with Crippen molar-refractivity contribution < 1.29 is 13.9 Å². The monoisotopic (exact) mass is 243 g/mol. The summed E-state index contributed by atoms with van der Waals surface area (Å²) >= 11 is 0. The Morgan fingerprint density at radius 1 is 1.17 bits per heavy atom. The number of ether oxygens (including phenoxy) is 1. The smallest absolute Gasteiger partial charge is 0.196 e. The van der Waals surface area contributed by atoms with Gasteiger partial charge in [0.1, 0.15) is 12.4 Å². The lowest BCUT2D eigenvalue weighted by atomic mass is 10.2. The molecule has 1 aromatic carbocycles. The molecule has 92 valence electrons. The topological polar surface area (TPSA) is 42.7 Å². The highest BCUT2D eigenvalue weighted by atomic mass is 16.5. The number of benzene rings is 1. The van der Waals surface area contributed by atoms with Gasteiger partial charge >= 0.3 is 0 Å². The summed E-state index contributed by atoms with van der Waals surface area (Å²) in [7, 11) is 0. The van der Waals surface area contributed by atoms with E-state index in [-0.39, 0.29) is 0 Å². The molecule has 0 fully saturated rings. The van der Waals surface area contributed by atoms with Gasteiger partial charge < -0.3 is 14.1 Å². The van der Waals surface area contributed by atoms with Crippen LogP contribution in [0.2, 0.25) is 0 Å². The molecule has 0 radical (unpaired) electrons. The van der Waals surface area contributed by atoms with E-state index in [2.05, 4.69) is 4.90 Å². The molecule has 1 aliphatic rings. The van der Waals surface area contributed by atoms with Gasteiger partial charge in [-0.3, -0.25) is 4.79 Å². The predicted octanol–water partition coefficient (Wildman–Crippen LogP) is 2.49. The summed E-state index contributed by atoms with van der Waals surface area (Å²) < 4.78 is 11.1. The molecule has 0 spiro atoms. The minimum absolute atomic E-state index is 0.350. The van der Waals surface area contributed by atoms with E-state index < -0.39 is 0 Å². The van der Waals surface area contributed by atoms with Crippen LogP contribution in [0.25, 0.3) is 0 Å². The second-order valence-corrected chi connectivity index (χ2v) is 4.17. The van der Waals surface area contributed by atoms with E-state index in [1.165, 1.54) is 0 Å². The van der Waals surface area contributed by atoms with Crippen molar-refractivity contribution in [3.63, 3.8) is 0 Å². The lowest BCUT2D eigenvalue weighted by Crippen LogP contribution is -2.24. The SMILES string of the molecule is O=Cc1ccc(N2CCOc3ccccc3C2)o1. The number of carbonyl (C=O) groups excluding carboxylic acids is 1. The van der Waals surface area contributed by atoms with Crippen molar-refractivity contribution in [2.45, 2.75) is 6.54 Å². The molecule has 0 aliphatic carbocycles. The van der Waals surface area contributed by atoms with Crippen molar-refractivity contribution in [2.75, 3.05) is 18.1 Å². The first kappa shape index (κ1) is 10.9. The van der Waals surface area contributed by atoms with Crippen LogP contribution in [-0.4, -0.2) is 19.4 Å². The van der Waals surface area contributed by atoms with Crippen LogP contribution >= 0.6 is 0 Å². The number of nitrogens with zero attached hydrogens (tertiary/aromatic N) is 1. The number of hydrogen-bond donors (Lipinski definition) is 0. The van der Waals surface area contributed by atoms with Gasteiger partial charge in [-0.1, -0.05) is 18.2 Å². The number of para-hydroxylation sites is 1. The third kappa shape index (κ3) is 1.97. The molecule has 4 nitrogen and oxygen atoms in total. The Labute approximate surface area is 105 Å². The minimum Gasteiger partial charge on any atom is -0.491 e. The fourth-order valence-corrected chi connectivity index (χ4v) is 2.09. The lowest BCUT2D eigenvalue weighted by molar-refractivity contribution is 0.110. The highest BCUT2D eigenvalue weighted by molar-refractivity contribution is 5.71. The van der Waals surface area contributed by atoms with Crippen LogP contribution in [-0.2, 0) is 6.54 Å². The van der Waals surface area contributed by atoms with Crippen molar-refractivity contribution in [1.82, 2.24) is 0 Å². The van der Waals surface area contributed by atoms with E-state index >= 15 is 0 Å². The molecular weight excluding hydrogens is 230 g/mol. The average Bonchev–Trinajstić information content (AvgIpc) is 2.78. The molecule has 0 saturated heterocycles. The maximum Gasteiger partial charge on any atom is 0.196 e. The van der Waals surface area contributed by atoms with Crippen LogP contribution in [0.15, 0.2) is 40.8 Å². The molecule has 2 heterocycles. The van der Waals surface area contributed by atoms with Gasteiger partial charge in [0.2, 0.25) is 0 Å². The van der Waals surface area contributed by atoms with Gasteiger partial charge in [0.15, 0.2) is 17.9 Å². The Hall–Kier alpha value is -2.23. The van der Waals surface area contributed by atoms with E-state index in [9.17, 15) is 4.79 Å². The summed E-state index contributed by atoms with van der Waals surface area (Å²) in [6, 6.07) is 11.5. The minimum atomic E-state index is 0.350. The molecule has 1 aliphatic heterocycles. The quantitative estimate of drug-likeness (QED) is 0.760. The number of furan rings is 1. The Morgan fingerprint density at radius 3 is 2.89 bits per heavy atom. The van der Waals surface area contributed by atoms with Crippen molar-refractivity contribution >= 4 is 12.2 Å². The average molecular weight is 243 g/mol. The van der Waals surface area contributed by atoms with Gasteiger partial charge in [-0.15, -0.1) is 0 Å². The summed E-state index contributed by atoms with van der Waals surface area (Å²) in [6.07, 6.45) is 0.714. The molecule has 0 saturated carbocycles. The van der Waals surface area contributed by atoms with Gasteiger partial charge in [-0.25, -0.2) is 0 Å². The van der Waals surface area contributed by atoms with Crippen LogP contribution in [0, 0.1) is 0 Å². The van der Waals surface area contributed by atoms with Gasteiger partial charge in [0, 0.05) is 18.2 Å². The molecule has 1 aromatic heterocycles. The summed E-state index contributed by atoms with van der Waals surface area (Å²) in [5.41, 5.74) is 1.12. The number of rotatable bonds is 2. The maximum atomic E-state index is 10.6. The molecule has 18 heavy (non-hydrogen) atoms. The second kappa shape index (κ2) is 4.56. The standard InChI is InChI=1S/C14H13NO3/c16-10-12-5-6-14(18-12)15-7-8-17-13-4-2-1-3-11(13)9-15/h1-6,10H,7-9H2.